The van der Waals surface area contributed by atoms with Gasteiger partial charge in [0.25, 0.3) is 0 Å². The molecule has 4 aliphatic rings. The smallest absolute Gasteiger partial charge is 0.317 e. The molecule has 1 aromatic carbocycles. The van der Waals surface area contributed by atoms with Crippen LogP contribution in [0, 0.1) is 11.8 Å². The monoisotopic (exact) mass is 389 g/mol. The van der Waals surface area contributed by atoms with E-state index in [0.29, 0.717) is 25.0 Å². The number of anilines is 1. The van der Waals surface area contributed by atoms with Crippen LogP contribution >= 0.6 is 11.6 Å². The summed E-state index contributed by atoms with van der Waals surface area (Å²) in [6.45, 7) is 4.35. The first kappa shape index (κ1) is 17.3. The molecule has 3 fully saturated rings. The normalized spacial score (nSPS) is 34.2. The molecule has 27 heavy (non-hydrogen) atoms. The number of carbonyl (C=O) groups excluding carboxylic acids is 1. The molecule has 3 saturated heterocycles. The summed E-state index contributed by atoms with van der Waals surface area (Å²) in [5, 5.41) is 3.80. The van der Waals surface area contributed by atoms with Crippen LogP contribution in [0.15, 0.2) is 36.4 Å². The van der Waals surface area contributed by atoms with E-state index in [0.717, 1.165) is 36.9 Å². The van der Waals surface area contributed by atoms with Crippen molar-refractivity contribution in [3.8, 4) is 0 Å². The Morgan fingerprint density at radius 1 is 1.11 bits per heavy atom. The van der Waals surface area contributed by atoms with Gasteiger partial charge in [0.1, 0.15) is 0 Å². The maximum atomic E-state index is 12.6. The summed E-state index contributed by atoms with van der Waals surface area (Å²) < 4.78 is 11.7. The fourth-order valence-corrected chi connectivity index (χ4v) is 4.86. The molecule has 6 nitrogen and oxygen atoms in total. The van der Waals surface area contributed by atoms with Gasteiger partial charge in [-0.15, -0.1) is 0 Å². The summed E-state index contributed by atoms with van der Waals surface area (Å²) in [7, 11) is 0. The van der Waals surface area contributed by atoms with Crippen LogP contribution < -0.4 is 10.2 Å². The average molecular weight is 390 g/mol. The van der Waals surface area contributed by atoms with Crippen molar-refractivity contribution in [1.82, 2.24) is 10.2 Å². The van der Waals surface area contributed by atoms with Gasteiger partial charge in [0.2, 0.25) is 0 Å². The largest absolute Gasteiger partial charge is 0.373 e. The van der Waals surface area contributed by atoms with Crippen LogP contribution in [0.1, 0.15) is 0 Å². The predicted octanol–water partition coefficient (Wildman–Crippen LogP) is 2.14. The van der Waals surface area contributed by atoms with Crippen LogP contribution in [-0.2, 0) is 9.47 Å². The van der Waals surface area contributed by atoms with Crippen LogP contribution in [0.5, 0.6) is 0 Å². The first-order chi connectivity index (χ1) is 13.2. The molecule has 0 radical (unpaired) electrons. The number of hydrogen-bond acceptors (Lipinski definition) is 4. The van der Waals surface area contributed by atoms with Gasteiger partial charge in [-0.1, -0.05) is 23.8 Å². The molecule has 1 aromatic rings. The summed E-state index contributed by atoms with van der Waals surface area (Å²) in [5.41, 5.74) is 1.13. The number of carbonyl (C=O) groups is 1. The maximum Gasteiger partial charge on any atom is 0.317 e. The highest BCUT2D eigenvalue weighted by atomic mass is 35.5. The van der Waals surface area contributed by atoms with E-state index in [9.17, 15) is 4.79 Å². The third-order valence-electron chi connectivity index (χ3n) is 6.16. The Morgan fingerprint density at radius 2 is 1.81 bits per heavy atom. The SMILES string of the molecule is O=C(NCC1CN(c2ccc(Cl)cc2)CCO1)N1CC2C3C=CC(O3)C2C1. The Balaban J connectivity index is 1.13. The minimum absolute atomic E-state index is 0.0102. The Hall–Kier alpha value is -1.76. The van der Waals surface area contributed by atoms with Crippen molar-refractivity contribution in [3.05, 3.63) is 41.4 Å². The van der Waals surface area contributed by atoms with E-state index in [1.807, 2.05) is 29.2 Å². The highest BCUT2D eigenvalue weighted by Gasteiger charge is 2.51. The number of nitrogens with zero attached hydrogens (tertiary/aromatic N) is 2. The van der Waals surface area contributed by atoms with Crippen LogP contribution in [0.2, 0.25) is 5.02 Å². The molecular weight excluding hydrogens is 366 g/mol. The number of ether oxygens (including phenoxy) is 2. The van der Waals surface area contributed by atoms with Crippen LogP contribution in [0.4, 0.5) is 10.5 Å². The minimum atomic E-state index is -0.0124. The summed E-state index contributed by atoms with van der Waals surface area (Å²) in [6, 6.07) is 7.86. The number of rotatable bonds is 3. The zero-order chi connectivity index (χ0) is 18.4. The summed E-state index contributed by atoms with van der Waals surface area (Å²) >= 11 is 5.98. The van der Waals surface area contributed by atoms with Gasteiger partial charge in [-0.3, -0.25) is 0 Å². The second-order valence-corrected chi connectivity index (χ2v) is 8.22. The quantitative estimate of drug-likeness (QED) is 0.805. The van der Waals surface area contributed by atoms with Crippen molar-refractivity contribution in [1.29, 1.82) is 0 Å². The Morgan fingerprint density at radius 3 is 2.52 bits per heavy atom. The third kappa shape index (κ3) is 3.30. The maximum absolute atomic E-state index is 12.6. The Labute approximate surface area is 164 Å². The number of halogens is 1. The summed E-state index contributed by atoms with van der Waals surface area (Å²) in [6.07, 6.45) is 4.68. The molecule has 0 aromatic heterocycles. The van der Waals surface area contributed by atoms with Crippen LogP contribution in [-0.4, -0.2) is 68.6 Å². The zero-order valence-corrected chi connectivity index (χ0v) is 15.8. The number of benzene rings is 1. The summed E-state index contributed by atoms with van der Waals surface area (Å²) in [4.78, 5) is 16.8. The van der Waals surface area contributed by atoms with Crippen molar-refractivity contribution in [3.63, 3.8) is 0 Å². The molecule has 4 aliphatic heterocycles. The molecule has 0 saturated carbocycles. The standard InChI is InChI=1S/C20H24ClN3O3/c21-13-1-3-14(4-2-13)23-7-8-26-15(10-23)9-22-20(25)24-11-16-17(12-24)19-6-5-18(16)27-19/h1-6,15-19H,7-12H2,(H,22,25). The molecule has 5 atom stereocenters. The predicted molar refractivity (Wildman–Crippen MR) is 103 cm³/mol. The van der Waals surface area contributed by atoms with Crippen molar-refractivity contribution in [2.24, 2.45) is 11.8 Å². The Kier molecular flexibility index (Phi) is 4.50. The molecule has 144 valence electrons. The fraction of sp³-hybridized carbons (Fsp3) is 0.550. The molecule has 7 heteroatoms. The number of hydrogen-bond donors (Lipinski definition) is 1. The number of morpholine rings is 1. The molecule has 0 aliphatic carbocycles. The van der Waals surface area contributed by atoms with Crippen molar-refractivity contribution in [2.45, 2.75) is 18.3 Å². The van der Waals surface area contributed by atoms with Gasteiger partial charge in [-0.25, -0.2) is 4.79 Å². The van der Waals surface area contributed by atoms with Crippen LogP contribution in [0.3, 0.4) is 0 Å². The van der Waals surface area contributed by atoms with E-state index < -0.39 is 0 Å². The van der Waals surface area contributed by atoms with E-state index in [4.69, 9.17) is 21.1 Å². The lowest BCUT2D eigenvalue weighted by Crippen LogP contribution is -2.49. The van der Waals surface area contributed by atoms with Gasteiger partial charge in [0, 0.05) is 55.3 Å². The van der Waals surface area contributed by atoms with E-state index in [2.05, 4.69) is 22.4 Å². The second kappa shape index (κ2) is 7.00. The number of likely N-dealkylation sites (tertiary alicyclic amines) is 1. The van der Waals surface area contributed by atoms with E-state index in [1.165, 1.54) is 0 Å². The molecule has 2 amide bonds. The second-order valence-electron chi connectivity index (χ2n) is 7.78. The van der Waals surface area contributed by atoms with Gasteiger partial charge >= 0.3 is 6.03 Å². The minimum Gasteiger partial charge on any atom is -0.373 e. The zero-order valence-electron chi connectivity index (χ0n) is 15.1. The van der Waals surface area contributed by atoms with Gasteiger partial charge in [-0.2, -0.15) is 0 Å². The molecule has 2 bridgehead atoms. The van der Waals surface area contributed by atoms with E-state index in [1.54, 1.807) is 0 Å². The van der Waals surface area contributed by atoms with Gasteiger partial charge in [0.15, 0.2) is 0 Å². The highest BCUT2D eigenvalue weighted by molar-refractivity contribution is 6.30. The van der Waals surface area contributed by atoms with E-state index in [-0.39, 0.29) is 24.3 Å². The topological polar surface area (TPSA) is 54.0 Å². The molecule has 4 heterocycles. The van der Waals surface area contributed by atoms with Crippen LogP contribution in [0.25, 0.3) is 0 Å². The molecular formula is C20H24ClN3O3. The molecule has 5 unspecified atom stereocenters. The fourth-order valence-electron chi connectivity index (χ4n) is 4.74. The molecule has 1 N–H and O–H groups in total. The third-order valence-corrected chi connectivity index (χ3v) is 6.41. The lowest BCUT2D eigenvalue weighted by molar-refractivity contribution is 0.0412. The lowest BCUT2D eigenvalue weighted by atomic mass is 9.86. The number of urea groups is 1. The highest BCUT2D eigenvalue weighted by Crippen LogP contribution is 2.43. The van der Waals surface area contributed by atoms with Gasteiger partial charge in [0.05, 0.1) is 24.9 Å². The van der Waals surface area contributed by atoms with Gasteiger partial charge in [-0.05, 0) is 24.3 Å². The first-order valence-corrected chi connectivity index (χ1v) is 10.0. The number of nitrogens with one attached hydrogen (secondary N) is 1. The lowest BCUT2D eigenvalue weighted by Gasteiger charge is -2.35. The molecule has 5 rings (SSSR count). The number of fused-ring (bicyclic) bond motifs is 5. The average Bonchev–Trinajstić information content (AvgIpc) is 3.40. The number of amides is 2. The first-order valence-electron chi connectivity index (χ1n) is 9.66. The van der Waals surface area contributed by atoms with E-state index >= 15 is 0 Å². The Bertz CT molecular complexity index is 720. The van der Waals surface area contributed by atoms with Crippen molar-refractivity contribution >= 4 is 23.3 Å². The van der Waals surface area contributed by atoms with Crippen molar-refractivity contribution < 1.29 is 14.3 Å². The van der Waals surface area contributed by atoms with Crippen molar-refractivity contribution in [2.75, 3.05) is 44.2 Å². The molecule has 0 spiro atoms. The van der Waals surface area contributed by atoms with Gasteiger partial charge < -0.3 is 24.6 Å². The summed E-state index contributed by atoms with van der Waals surface area (Å²) in [5.74, 6) is 0.911.